The van der Waals surface area contributed by atoms with E-state index in [1.54, 1.807) is 7.11 Å². The van der Waals surface area contributed by atoms with Gasteiger partial charge in [-0.25, -0.2) is 0 Å². The van der Waals surface area contributed by atoms with Crippen LogP contribution in [0.4, 0.5) is 5.69 Å². The maximum atomic E-state index is 12.0. The number of para-hydroxylation sites is 1. The highest BCUT2D eigenvalue weighted by Gasteiger charge is 2.09. The van der Waals surface area contributed by atoms with Crippen molar-refractivity contribution in [2.45, 2.75) is 13.0 Å². The van der Waals surface area contributed by atoms with Crippen molar-refractivity contribution in [1.82, 2.24) is 4.90 Å². The minimum atomic E-state index is 0.0178. The molecule has 0 aliphatic carbocycles. The molecule has 122 valence electrons. The van der Waals surface area contributed by atoms with Crippen LogP contribution in [-0.2, 0) is 11.3 Å². The second kappa shape index (κ2) is 8.70. The highest BCUT2D eigenvalue weighted by molar-refractivity contribution is 9.10. The topological polar surface area (TPSA) is 41.6 Å². The van der Waals surface area contributed by atoms with Gasteiger partial charge in [0.1, 0.15) is 5.75 Å². The summed E-state index contributed by atoms with van der Waals surface area (Å²) >= 11 is 3.48. The molecule has 0 fully saturated rings. The zero-order valence-corrected chi connectivity index (χ0v) is 15.0. The number of amides is 1. The zero-order chi connectivity index (χ0) is 16.7. The van der Waals surface area contributed by atoms with Crippen LogP contribution in [-0.4, -0.2) is 31.5 Å². The van der Waals surface area contributed by atoms with Crippen LogP contribution in [0.1, 0.15) is 12.0 Å². The quantitative estimate of drug-likeness (QED) is 0.795. The van der Waals surface area contributed by atoms with Gasteiger partial charge in [0.2, 0.25) is 5.91 Å². The van der Waals surface area contributed by atoms with E-state index in [0.717, 1.165) is 28.0 Å². The summed E-state index contributed by atoms with van der Waals surface area (Å²) < 4.78 is 6.40. The van der Waals surface area contributed by atoms with Crippen LogP contribution < -0.4 is 10.1 Å². The van der Waals surface area contributed by atoms with Gasteiger partial charge in [-0.05, 0) is 37.4 Å². The Balaban J connectivity index is 1.84. The average Bonchev–Trinajstić information content (AvgIpc) is 2.54. The van der Waals surface area contributed by atoms with E-state index in [-0.39, 0.29) is 5.91 Å². The first-order valence-electron chi connectivity index (χ1n) is 7.44. The number of nitrogens with one attached hydrogen (secondary N) is 1. The smallest absolute Gasteiger partial charge is 0.225 e. The highest BCUT2D eigenvalue weighted by Crippen LogP contribution is 2.24. The summed E-state index contributed by atoms with van der Waals surface area (Å²) in [5, 5.41) is 2.90. The fourth-order valence-electron chi connectivity index (χ4n) is 2.28. The largest absolute Gasteiger partial charge is 0.496 e. The third-order valence-electron chi connectivity index (χ3n) is 3.46. The lowest BCUT2D eigenvalue weighted by molar-refractivity contribution is -0.116. The Kier molecular flexibility index (Phi) is 6.62. The van der Waals surface area contributed by atoms with E-state index in [2.05, 4.69) is 26.1 Å². The van der Waals surface area contributed by atoms with Crippen molar-refractivity contribution in [1.29, 1.82) is 0 Å². The van der Waals surface area contributed by atoms with E-state index in [1.807, 2.05) is 55.6 Å². The molecule has 0 atom stereocenters. The summed E-state index contributed by atoms with van der Waals surface area (Å²) in [5.74, 6) is 0.873. The van der Waals surface area contributed by atoms with E-state index in [0.29, 0.717) is 13.0 Å². The molecular formula is C18H21BrN2O2. The lowest BCUT2D eigenvalue weighted by Gasteiger charge is -2.18. The van der Waals surface area contributed by atoms with Gasteiger partial charge in [0.05, 0.1) is 7.11 Å². The molecule has 0 saturated heterocycles. The van der Waals surface area contributed by atoms with Gasteiger partial charge in [-0.3, -0.25) is 4.79 Å². The first kappa shape index (κ1) is 17.5. The fourth-order valence-corrected chi connectivity index (χ4v) is 2.69. The van der Waals surface area contributed by atoms with Gasteiger partial charge < -0.3 is 15.0 Å². The molecular weight excluding hydrogens is 356 g/mol. The monoisotopic (exact) mass is 376 g/mol. The van der Waals surface area contributed by atoms with Gasteiger partial charge in [-0.1, -0.05) is 34.1 Å². The maximum Gasteiger partial charge on any atom is 0.225 e. The van der Waals surface area contributed by atoms with Crippen molar-refractivity contribution in [2.24, 2.45) is 0 Å². The number of methoxy groups -OCH3 is 1. The van der Waals surface area contributed by atoms with E-state index in [4.69, 9.17) is 4.74 Å². The number of benzene rings is 2. The van der Waals surface area contributed by atoms with Crippen molar-refractivity contribution in [3.05, 3.63) is 58.6 Å². The summed E-state index contributed by atoms with van der Waals surface area (Å²) in [6.45, 7) is 1.40. The maximum absolute atomic E-state index is 12.0. The number of rotatable bonds is 7. The number of halogens is 1. The number of nitrogens with zero attached hydrogens (tertiary/aromatic N) is 1. The number of ether oxygens (including phenoxy) is 1. The van der Waals surface area contributed by atoms with Crippen LogP contribution in [0, 0.1) is 0 Å². The number of carbonyl (C=O) groups is 1. The zero-order valence-electron chi connectivity index (χ0n) is 13.4. The van der Waals surface area contributed by atoms with Crippen molar-refractivity contribution < 1.29 is 9.53 Å². The van der Waals surface area contributed by atoms with Gasteiger partial charge in [0.25, 0.3) is 0 Å². The Hall–Kier alpha value is -1.85. The molecule has 1 amide bonds. The Bertz CT molecular complexity index is 647. The van der Waals surface area contributed by atoms with Crippen LogP contribution in [0.3, 0.4) is 0 Å². The molecule has 4 nitrogen and oxygen atoms in total. The average molecular weight is 377 g/mol. The molecule has 23 heavy (non-hydrogen) atoms. The number of anilines is 1. The predicted molar refractivity (Wildman–Crippen MR) is 96.7 cm³/mol. The molecule has 5 heteroatoms. The molecule has 2 aromatic rings. The summed E-state index contributed by atoms with van der Waals surface area (Å²) in [6, 6.07) is 15.4. The first-order chi connectivity index (χ1) is 11.1. The number of hydrogen-bond donors (Lipinski definition) is 1. The van der Waals surface area contributed by atoms with Crippen LogP contribution in [0.15, 0.2) is 53.0 Å². The van der Waals surface area contributed by atoms with Crippen LogP contribution >= 0.6 is 15.9 Å². The number of carbonyl (C=O) groups excluding carboxylic acids is 1. The lowest BCUT2D eigenvalue weighted by atomic mass is 10.2. The Morgan fingerprint density at radius 2 is 1.96 bits per heavy atom. The molecule has 0 saturated carbocycles. The molecule has 0 spiro atoms. The Morgan fingerprint density at radius 1 is 1.22 bits per heavy atom. The molecule has 0 aliphatic rings. The van der Waals surface area contributed by atoms with Gasteiger partial charge in [-0.15, -0.1) is 0 Å². The van der Waals surface area contributed by atoms with Crippen molar-refractivity contribution >= 4 is 27.5 Å². The fraction of sp³-hybridized carbons (Fsp3) is 0.278. The first-order valence-corrected chi connectivity index (χ1v) is 8.23. The summed E-state index contributed by atoms with van der Waals surface area (Å²) in [6.07, 6.45) is 0.446. The molecule has 2 aromatic carbocycles. The van der Waals surface area contributed by atoms with E-state index in [9.17, 15) is 4.79 Å². The molecule has 0 radical (unpaired) electrons. The van der Waals surface area contributed by atoms with Gasteiger partial charge >= 0.3 is 0 Å². The summed E-state index contributed by atoms with van der Waals surface area (Å²) in [5.41, 5.74) is 1.92. The molecule has 0 aromatic heterocycles. The highest BCUT2D eigenvalue weighted by atomic mass is 79.9. The SMILES string of the molecule is COc1ccc(Br)cc1CN(C)CCC(=O)Nc1ccccc1. The predicted octanol–water partition coefficient (Wildman–Crippen LogP) is 3.92. The van der Waals surface area contributed by atoms with E-state index in [1.165, 1.54) is 0 Å². The molecule has 0 bridgehead atoms. The lowest BCUT2D eigenvalue weighted by Crippen LogP contribution is -2.24. The molecule has 2 rings (SSSR count). The Labute approximate surface area is 145 Å². The van der Waals surface area contributed by atoms with Gasteiger partial charge in [0, 0.05) is 35.2 Å². The minimum absolute atomic E-state index is 0.0178. The molecule has 0 aliphatic heterocycles. The van der Waals surface area contributed by atoms with Gasteiger partial charge in [-0.2, -0.15) is 0 Å². The van der Waals surface area contributed by atoms with Crippen molar-refractivity contribution in [3.63, 3.8) is 0 Å². The minimum Gasteiger partial charge on any atom is -0.496 e. The second-order valence-electron chi connectivity index (χ2n) is 5.36. The van der Waals surface area contributed by atoms with Crippen LogP contribution in [0.2, 0.25) is 0 Å². The van der Waals surface area contributed by atoms with E-state index >= 15 is 0 Å². The van der Waals surface area contributed by atoms with Crippen molar-refractivity contribution in [2.75, 3.05) is 26.0 Å². The Morgan fingerprint density at radius 3 is 2.65 bits per heavy atom. The van der Waals surface area contributed by atoms with Gasteiger partial charge in [0.15, 0.2) is 0 Å². The van der Waals surface area contributed by atoms with Crippen molar-refractivity contribution in [3.8, 4) is 5.75 Å². The summed E-state index contributed by atoms with van der Waals surface area (Å²) in [7, 11) is 3.66. The van der Waals surface area contributed by atoms with Crippen LogP contribution in [0.25, 0.3) is 0 Å². The van der Waals surface area contributed by atoms with E-state index < -0.39 is 0 Å². The number of hydrogen-bond acceptors (Lipinski definition) is 3. The molecule has 1 N–H and O–H groups in total. The standard InChI is InChI=1S/C18H21BrN2O2/c1-21(13-14-12-15(19)8-9-17(14)23-2)11-10-18(22)20-16-6-4-3-5-7-16/h3-9,12H,10-11,13H2,1-2H3,(H,20,22). The normalized spacial score (nSPS) is 10.6. The summed E-state index contributed by atoms with van der Waals surface area (Å²) in [4.78, 5) is 14.1. The third kappa shape index (κ3) is 5.69. The molecule has 0 heterocycles. The third-order valence-corrected chi connectivity index (χ3v) is 3.95. The molecule has 0 unspecified atom stereocenters. The second-order valence-corrected chi connectivity index (χ2v) is 6.27. The van der Waals surface area contributed by atoms with Crippen LogP contribution in [0.5, 0.6) is 5.75 Å².